The number of hydrogen-bond acceptors (Lipinski definition) is 3. The highest BCUT2D eigenvalue weighted by atomic mass is 79.9. The first kappa shape index (κ1) is 15.7. The van der Waals surface area contributed by atoms with Gasteiger partial charge in [0.25, 0.3) is 0 Å². The normalized spacial score (nSPS) is 13.4. The van der Waals surface area contributed by atoms with Crippen molar-refractivity contribution < 1.29 is 4.79 Å². The van der Waals surface area contributed by atoms with Crippen molar-refractivity contribution in [2.45, 2.75) is 52.2 Å². The molecule has 1 aromatic heterocycles. The summed E-state index contributed by atoms with van der Waals surface area (Å²) in [5.41, 5.74) is -0.140. The molecule has 2 N–H and O–H groups in total. The summed E-state index contributed by atoms with van der Waals surface area (Å²) in [6, 6.07) is 1.88. The van der Waals surface area contributed by atoms with Crippen LogP contribution < -0.4 is 10.6 Å². The van der Waals surface area contributed by atoms with Gasteiger partial charge < -0.3 is 10.6 Å². The van der Waals surface area contributed by atoms with Gasteiger partial charge in [0.15, 0.2) is 0 Å². The monoisotopic (exact) mass is 332 g/mol. The van der Waals surface area contributed by atoms with Crippen molar-refractivity contribution in [1.29, 1.82) is 0 Å². The molecule has 0 saturated heterocycles. The minimum absolute atomic E-state index is 0.0532. The molecular weight excluding hydrogens is 312 g/mol. The SMILES string of the molecule is CCC(C)(C)NC(=O)C(C)NCc1cc(Br)cs1. The Kier molecular flexibility index (Phi) is 5.82. The van der Waals surface area contributed by atoms with Crippen LogP contribution >= 0.6 is 27.3 Å². The fraction of sp³-hybridized carbons (Fsp3) is 0.615. The standard InChI is InChI=1S/C13H21BrN2OS/c1-5-13(3,4)16-12(17)9(2)15-7-11-6-10(14)8-18-11/h6,8-9,15H,5,7H2,1-4H3,(H,16,17). The molecule has 0 saturated carbocycles. The van der Waals surface area contributed by atoms with E-state index in [2.05, 4.69) is 39.6 Å². The average Bonchev–Trinajstić information content (AvgIpc) is 2.71. The van der Waals surface area contributed by atoms with Gasteiger partial charge in [0, 0.05) is 26.8 Å². The summed E-state index contributed by atoms with van der Waals surface area (Å²) in [7, 11) is 0. The third-order valence-electron chi connectivity index (χ3n) is 2.94. The topological polar surface area (TPSA) is 41.1 Å². The molecule has 1 heterocycles. The van der Waals surface area contributed by atoms with Crippen LogP contribution in [0.3, 0.4) is 0 Å². The quantitative estimate of drug-likeness (QED) is 0.839. The second kappa shape index (κ2) is 6.68. The summed E-state index contributed by atoms with van der Waals surface area (Å²) in [6.45, 7) is 8.75. The van der Waals surface area contributed by atoms with Gasteiger partial charge in [-0.2, -0.15) is 0 Å². The van der Waals surface area contributed by atoms with Crippen LogP contribution in [-0.2, 0) is 11.3 Å². The number of hydrogen-bond donors (Lipinski definition) is 2. The van der Waals surface area contributed by atoms with Crippen molar-refractivity contribution in [2.75, 3.05) is 0 Å². The number of nitrogens with one attached hydrogen (secondary N) is 2. The van der Waals surface area contributed by atoms with Gasteiger partial charge in [0.1, 0.15) is 0 Å². The molecule has 0 aromatic carbocycles. The molecule has 1 atom stereocenters. The zero-order valence-corrected chi connectivity index (χ0v) is 13.7. The Morgan fingerprint density at radius 2 is 2.22 bits per heavy atom. The van der Waals surface area contributed by atoms with E-state index in [0.717, 1.165) is 17.4 Å². The minimum atomic E-state index is -0.184. The molecule has 5 heteroatoms. The van der Waals surface area contributed by atoms with Crippen LogP contribution in [0.2, 0.25) is 0 Å². The Labute approximate surface area is 121 Å². The zero-order chi connectivity index (χ0) is 13.8. The molecule has 0 aliphatic rings. The largest absolute Gasteiger partial charge is 0.350 e. The molecule has 3 nitrogen and oxygen atoms in total. The van der Waals surface area contributed by atoms with Gasteiger partial charge in [-0.1, -0.05) is 6.92 Å². The van der Waals surface area contributed by atoms with Crippen molar-refractivity contribution in [3.63, 3.8) is 0 Å². The molecule has 0 spiro atoms. The lowest BCUT2D eigenvalue weighted by molar-refractivity contribution is -0.124. The molecule has 0 aliphatic carbocycles. The van der Waals surface area contributed by atoms with E-state index in [9.17, 15) is 4.79 Å². The Bertz CT molecular complexity index is 403. The maximum absolute atomic E-state index is 12.0. The fourth-order valence-corrected chi connectivity index (χ4v) is 2.72. The molecule has 0 radical (unpaired) electrons. The number of thiophene rings is 1. The van der Waals surface area contributed by atoms with Crippen LogP contribution in [0.15, 0.2) is 15.9 Å². The molecule has 0 bridgehead atoms. The van der Waals surface area contributed by atoms with Gasteiger partial charge in [0.2, 0.25) is 5.91 Å². The highest BCUT2D eigenvalue weighted by molar-refractivity contribution is 9.10. The third-order valence-corrected chi connectivity index (χ3v) is 4.64. The van der Waals surface area contributed by atoms with Gasteiger partial charge >= 0.3 is 0 Å². The second-order valence-electron chi connectivity index (χ2n) is 5.06. The summed E-state index contributed by atoms with van der Waals surface area (Å²) < 4.78 is 1.09. The highest BCUT2D eigenvalue weighted by Crippen LogP contribution is 2.19. The Hall–Kier alpha value is -0.390. The number of halogens is 1. The van der Waals surface area contributed by atoms with Crippen LogP contribution in [0.4, 0.5) is 0 Å². The fourth-order valence-electron chi connectivity index (χ4n) is 1.32. The van der Waals surface area contributed by atoms with E-state index in [-0.39, 0.29) is 17.5 Å². The third kappa shape index (κ3) is 5.08. The van der Waals surface area contributed by atoms with Crippen LogP contribution in [-0.4, -0.2) is 17.5 Å². The van der Waals surface area contributed by atoms with E-state index >= 15 is 0 Å². The van der Waals surface area contributed by atoms with Crippen LogP contribution in [0.1, 0.15) is 39.0 Å². The minimum Gasteiger partial charge on any atom is -0.350 e. The molecule has 1 amide bonds. The molecule has 0 fully saturated rings. The highest BCUT2D eigenvalue weighted by Gasteiger charge is 2.21. The molecule has 18 heavy (non-hydrogen) atoms. The molecule has 0 aliphatic heterocycles. The van der Waals surface area contributed by atoms with E-state index in [1.54, 1.807) is 11.3 Å². The van der Waals surface area contributed by atoms with Gasteiger partial charge in [-0.3, -0.25) is 4.79 Å². The molecular formula is C13H21BrN2OS. The summed E-state index contributed by atoms with van der Waals surface area (Å²) in [6.07, 6.45) is 0.920. The predicted molar refractivity (Wildman–Crippen MR) is 80.8 cm³/mol. The van der Waals surface area contributed by atoms with Crippen molar-refractivity contribution in [3.05, 3.63) is 20.8 Å². The molecule has 1 rings (SSSR count). The zero-order valence-electron chi connectivity index (χ0n) is 11.3. The second-order valence-corrected chi connectivity index (χ2v) is 6.97. The van der Waals surface area contributed by atoms with Crippen LogP contribution in [0.5, 0.6) is 0 Å². The van der Waals surface area contributed by atoms with E-state index in [4.69, 9.17) is 0 Å². The number of carbonyl (C=O) groups excluding carboxylic acids is 1. The van der Waals surface area contributed by atoms with Crippen molar-refractivity contribution >= 4 is 33.2 Å². The number of carbonyl (C=O) groups is 1. The summed E-state index contributed by atoms with van der Waals surface area (Å²) in [5.74, 6) is 0.0532. The van der Waals surface area contributed by atoms with Gasteiger partial charge in [0.05, 0.1) is 6.04 Å². The summed E-state index contributed by atoms with van der Waals surface area (Å²) >= 11 is 5.10. The lowest BCUT2D eigenvalue weighted by Gasteiger charge is -2.26. The first-order valence-corrected chi connectivity index (χ1v) is 7.79. The van der Waals surface area contributed by atoms with Crippen LogP contribution in [0.25, 0.3) is 0 Å². The van der Waals surface area contributed by atoms with Gasteiger partial charge in [-0.15, -0.1) is 11.3 Å². The Morgan fingerprint density at radius 3 is 2.72 bits per heavy atom. The summed E-state index contributed by atoms with van der Waals surface area (Å²) in [4.78, 5) is 13.2. The van der Waals surface area contributed by atoms with E-state index in [1.165, 1.54) is 4.88 Å². The van der Waals surface area contributed by atoms with Crippen molar-refractivity contribution in [2.24, 2.45) is 0 Å². The summed E-state index contributed by atoms with van der Waals surface area (Å²) in [5, 5.41) is 8.32. The number of rotatable bonds is 6. The predicted octanol–water partition coefficient (Wildman–Crippen LogP) is 3.29. The van der Waals surface area contributed by atoms with E-state index in [1.807, 2.05) is 26.2 Å². The van der Waals surface area contributed by atoms with E-state index in [0.29, 0.717) is 0 Å². The molecule has 102 valence electrons. The number of amides is 1. The first-order chi connectivity index (χ1) is 8.34. The van der Waals surface area contributed by atoms with Gasteiger partial charge in [-0.25, -0.2) is 0 Å². The Morgan fingerprint density at radius 1 is 1.56 bits per heavy atom. The average molecular weight is 333 g/mol. The van der Waals surface area contributed by atoms with E-state index < -0.39 is 0 Å². The van der Waals surface area contributed by atoms with Crippen LogP contribution in [0, 0.1) is 0 Å². The Balaban J connectivity index is 2.41. The first-order valence-electron chi connectivity index (χ1n) is 6.12. The molecule has 1 aromatic rings. The maximum Gasteiger partial charge on any atom is 0.237 e. The lowest BCUT2D eigenvalue weighted by Crippen LogP contribution is -2.50. The van der Waals surface area contributed by atoms with Crippen molar-refractivity contribution in [3.8, 4) is 0 Å². The maximum atomic E-state index is 12.0. The molecule has 1 unspecified atom stereocenters. The van der Waals surface area contributed by atoms with Gasteiger partial charge in [-0.05, 0) is 49.2 Å². The van der Waals surface area contributed by atoms with Crippen molar-refractivity contribution in [1.82, 2.24) is 10.6 Å². The smallest absolute Gasteiger partial charge is 0.237 e. The lowest BCUT2D eigenvalue weighted by atomic mass is 10.0.